The average molecular weight is 345 g/mol. The van der Waals surface area contributed by atoms with Gasteiger partial charge in [0.1, 0.15) is 6.23 Å². The lowest BCUT2D eigenvalue weighted by atomic mass is 9.80. The van der Waals surface area contributed by atoms with E-state index in [2.05, 4.69) is 44.9 Å². The van der Waals surface area contributed by atoms with E-state index in [-0.39, 0.29) is 11.3 Å². The van der Waals surface area contributed by atoms with Gasteiger partial charge in [0.05, 0.1) is 0 Å². The number of hydrogen-bond donors (Lipinski definition) is 3. The molecule has 4 heteroatoms. The largest absolute Gasteiger partial charge is 0.378 e. The van der Waals surface area contributed by atoms with Crippen LogP contribution >= 0.6 is 11.6 Å². The van der Waals surface area contributed by atoms with Crippen LogP contribution < -0.4 is 10.6 Å². The van der Waals surface area contributed by atoms with Gasteiger partial charge in [0, 0.05) is 23.5 Å². The maximum atomic E-state index is 10.1. The summed E-state index contributed by atoms with van der Waals surface area (Å²) < 4.78 is 0. The summed E-state index contributed by atoms with van der Waals surface area (Å²) in [6, 6.07) is 1.02. The van der Waals surface area contributed by atoms with Gasteiger partial charge >= 0.3 is 0 Å². The van der Waals surface area contributed by atoms with Gasteiger partial charge in [-0.05, 0) is 50.9 Å². The van der Waals surface area contributed by atoms with Crippen molar-refractivity contribution in [1.82, 2.24) is 10.6 Å². The molecule has 0 bridgehead atoms. The van der Waals surface area contributed by atoms with Gasteiger partial charge in [0.15, 0.2) is 0 Å². The molecule has 23 heavy (non-hydrogen) atoms. The van der Waals surface area contributed by atoms with Crippen LogP contribution in [0.2, 0.25) is 0 Å². The fourth-order valence-corrected chi connectivity index (χ4v) is 4.04. The minimum Gasteiger partial charge on any atom is -0.378 e. The number of aliphatic hydroxyl groups excluding tert-OH is 1. The fourth-order valence-electron chi connectivity index (χ4n) is 3.59. The van der Waals surface area contributed by atoms with E-state index in [4.69, 9.17) is 11.6 Å². The van der Waals surface area contributed by atoms with Crippen LogP contribution in [0.1, 0.15) is 60.8 Å². The Balaban J connectivity index is 2.65. The van der Waals surface area contributed by atoms with Gasteiger partial charge in [-0.2, -0.15) is 0 Å². The minimum absolute atomic E-state index is 0.178. The smallest absolute Gasteiger partial charge is 0.107 e. The van der Waals surface area contributed by atoms with Crippen molar-refractivity contribution in [2.24, 2.45) is 17.8 Å². The molecule has 1 aliphatic carbocycles. The van der Waals surface area contributed by atoms with Crippen LogP contribution in [-0.2, 0) is 0 Å². The number of halogens is 1. The summed E-state index contributed by atoms with van der Waals surface area (Å²) in [6.45, 7) is 17.0. The molecule has 0 saturated heterocycles. The van der Waals surface area contributed by atoms with Crippen LogP contribution in [0, 0.1) is 17.8 Å². The van der Waals surface area contributed by atoms with E-state index >= 15 is 0 Å². The van der Waals surface area contributed by atoms with E-state index in [0.29, 0.717) is 30.0 Å². The highest BCUT2D eigenvalue weighted by Gasteiger charge is 2.33. The van der Waals surface area contributed by atoms with Crippen molar-refractivity contribution in [2.45, 2.75) is 90.5 Å². The zero-order valence-electron chi connectivity index (χ0n) is 15.8. The first kappa shape index (κ1) is 21.0. The van der Waals surface area contributed by atoms with Crippen LogP contribution in [0.25, 0.3) is 0 Å². The highest BCUT2D eigenvalue weighted by Crippen LogP contribution is 2.31. The molecule has 136 valence electrons. The zero-order chi connectivity index (χ0) is 17.7. The fraction of sp³-hybridized carbons (Fsp3) is 0.895. The maximum Gasteiger partial charge on any atom is 0.107 e. The van der Waals surface area contributed by atoms with Crippen molar-refractivity contribution in [3.63, 3.8) is 0 Å². The number of aliphatic hydroxyl groups is 1. The van der Waals surface area contributed by atoms with E-state index in [1.54, 1.807) is 0 Å². The summed E-state index contributed by atoms with van der Waals surface area (Å²) in [7, 11) is 0. The summed E-state index contributed by atoms with van der Waals surface area (Å²) in [5.41, 5.74) is 1.19. The highest BCUT2D eigenvalue weighted by molar-refractivity contribution is 6.20. The normalized spacial score (nSPS) is 29.6. The molecule has 6 atom stereocenters. The van der Waals surface area contributed by atoms with Gasteiger partial charge in [0.2, 0.25) is 0 Å². The van der Waals surface area contributed by atoms with Crippen molar-refractivity contribution in [3.05, 3.63) is 12.2 Å². The molecule has 1 fully saturated rings. The third-order valence-electron chi connectivity index (χ3n) is 5.07. The predicted molar refractivity (Wildman–Crippen MR) is 101 cm³/mol. The molecular weight excluding hydrogens is 308 g/mol. The third kappa shape index (κ3) is 6.74. The molecule has 1 saturated carbocycles. The van der Waals surface area contributed by atoms with Crippen LogP contribution in [0.4, 0.5) is 0 Å². The van der Waals surface area contributed by atoms with Crippen molar-refractivity contribution in [2.75, 3.05) is 0 Å². The first-order valence-electron chi connectivity index (χ1n) is 9.11. The van der Waals surface area contributed by atoms with Gasteiger partial charge in [-0.25, -0.2) is 0 Å². The summed E-state index contributed by atoms with van der Waals surface area (Å²) in [6.07, 6.45) is 2.57. The van der Waals surface area contributed by atoms with E-state index in [0.717, 1.165) is 19.3 Å². The quantitative estimate of drug-likeness (QED) is 0.355. The molecule has 1 aliphatic rings. The standard InChI is InChI=1S/C19H37ClN2O/c1-11(2)18(12(3)4)21-14(7)15-8-16(20)10-17(9-15)22-19(23)13(5)6/h12-19,21-23H,1,8-10H2,2-7H3/t14?,15?,16?,17?,18-,19?/m0/s1. The Morgan fingerprint density at radius 2 is 1.70 bits per heavy atom. The number of rotatable bonds is 8. The first-order chi connectivity index (χ1) is 10.6. The van der Waals surface area contributed by atoms with Crippen LogP contribution in [0.5, 0.6) is 0 Å². The summed E-state index contributed by atoms with van der Waals surface area (Å²) in [4.78, 5) is 0. The third-order valence-corrected chi connectivity index (χ3v) is 5.43. The summed E-state index contributed by atoms with van der Waals surface area (Å²) >= 11 is 6.51. The topological polar surface area (TPSA) is 44.3 Å². The lowest BCUT2D eigenvalue weighted by Gasteiger charge is -2.39. The van der Waals surface area contributed by atoms with Gasteiger partial charge in [-0.15, -0.1) is 11.6 Å². The van der Waals surface area contributed by atoms with E-state index in [1.165, 1.54) is 5.57 Å². The molecule has 0 spiro atoms. The lowest BCUT2D eigenvalue weighted by Crippen LogP contribution is -2.50. The summed E-state index contributed by atoms with van der Waals surface area (Å²) in [5, 5.41) is 17.4. The molecule has 0 aromatic carbocycles. The van der Waals surface area contributed by atoms with Crippen LogP contribution in [0.3, 0.4) is 0 Å². The Kier molecular flexibility index (Phi) is 8.57. The van der Waals surface area contributed by atoms with Crippen LogP contribution in [-0.4, -0.2) is 34.8 Å². The van der Waals surface area contributed by atoms with Gasteiger partial charge in [0.25, 0.3) is 0 Å². The SMILES string of the molecule is C=C(C)[C@H](NC(C)C1CC(Cl)CC(NC(O)C(C)C)C1)C(C)C. The zero-order valence-corrected chi connectivity index (χ0v) is 16.5. The molecule has 5 unspecified atom stereocenters. The molecular formula is C19H37ClN2O. The van der Waals surface area contributed by atoms with Crippen molar-refractivity contribution in [3.8, 4) is 0 Å². The molecule has 0 amide bonds. The lowest BCUT2D eigenvalue weighted by molar-refractivity contribution is 0.0641. The van der Waals surface area contributed by atoms with Gasteiger partial charge in [-0.3, -0.25) is 5.32 Å². The second-order valence-corrected chi connectivity index (χ2v) is 8.76. The van der Waals surface area contributed by atoms with E-state index in [1.807, 2.05) is 13.8 Å². The van der Waals surface area contributed by atoms with Crippen molar-refractivity contribution >= 4 is 11.6 Å². The van der Waals surface area contributed by atoms with E-state index < -0.39 is 6.23 Å². The summed E-state index contributed by atoms with van der Waals surface area (Å²) in [5.74, 6) is 1.26. The van der Waals surface area contributed by atoms with Crippen molar-refractivity contribution < 1.29 is 5.11 Å². The molecule has 1 rings (SSSR count). The second-order valence-electron chi connectivity index (χ2n) is 8.14. The monoisotopic (exact) mass is 344 g/mol. The number of alkyl halides is 1. The molecule has 3 N–H and O–H groups in total. The Bertz CT molecular complexity index is 372. The van der Waals surface area contributed by atoms with E-state index in [9.17, 15) is 5.11 Å². The number of nitrogens with one attached hydrogen (secondary N) is 2. The Hall–Kier alpha value is -0.0900. The molecule has 0 aliphatic heterocycles. The van der Waals surface area contributed by atoms with Gasteiger partial charge in [-0.1, -0.05) is 39.8 Å². The second kappa shape index (κ2) is 9.41. The Labute approximate surface area is 148 Å². The molecule has 0 radical (unpaired) electrons. The molecule has 0 aromatic rings. The van der Waals surface area contributed by atoms with Crippen molar-refractivity contribution in [1.29, 1.82) is 0 Å². The first-order valence-corrected chi connectivity index (χ1v) is 9.55. The molecule has 0 aromatic heterocycles. The number of hydrogen-bond acceptors (Lipinski definition) is 3. The predicted octanol–water partition coefficient (Wildman–Crippen LogP) is 3.91. The Morgan fingerprint density at radius 1 is 1.09 bits per heavy atom. The minimum atomic E-state index is -0.454. The maximum absolute atomic E-state index is 10.1. The highest BCUT2D eigenvalue weighted by atomic mass is 35.5. The average Bonchev–Trinajstić information content (AvgIpc) is 2.42. The molecule has 3 nitrogen and oxygen atoms in total. The van der Waals surface area contributed by atoms with Crippen LogP contribution in [0.15, 0.2) is 12.2 Å². The Morgan fingerprint density at radius 3 is 2.17 bits per heavy atom. The molecule has 0 heterocycles. The van der Waals surface area contributed by atoms with Gasteiger partial charge < -0.3 is 10.4 Å².